The Morgan fingerprint density at radius 2 is 2.00 bits per heavy atom. The van der Waals surface area contributed by atoms with Gasteiger partial charge in [-0.3, -0.25) is 14.2 Å². The van der Waals surface area contributed by atoms with Crippen molar-refractivity contribution in [3.63, 3.8) is 0 Å². The van der Waals surface area contributed by atoms with Crippen molar-refractivity contribution < 1.29 is 4.79 Å². The van der Waals surface area contributed by atoms with Gasteiger partial charge in [-0.05, 0) is 48.9 Å². The molecule has 1 aliphatic heterocycles. The van der Waals surface area contributed by atoms with Crippen molar-refractivity contribution >= 4 is 44.9 Å². The zero-order valence-electron chi connectivity index (χ0n) is 16.2. The van der Waals surface area contributed by atoms with Crippen molar-refractivity contribution in [2.24, 2.45) is 5.92 Å². The van der Waals surface area contributed by atoms with Crippen LogP contribution in [0.25, 0.3) is 20.8 Å². The molecular formula is C22H18N4O2S2. The number of thioether (sulfide) groups is 1. The molecule has 0 aliphatic carbocycles. The van der Waals surface area contributed by atoms with Gasteiger partial charge < -0.3 is 5.32 Å². The second-order valence-corrected chi connectivity index (χ2v) is 9.26. The van der Waals surface area contributed by atoms with E-state index in [1.165, 1.54) is 34.3 Å². The minimum atomic E-state index is -0.281. The molecule has 0 saturated carbocycles. The van der Waals surface area contributed by atoms with Crippen molar-refractivity contribution in [2.45, 2.75) is 18.6 Å². The van der Waals surface area contributed by atoms with Crippen LogP contribution in [0.1, 0.15) is 5.56 Å². The molecule has 30 heavy (non-hydrogen) atoms. The van der Waals surface area contributed by atoms with Crippen LogP contribution in [0, 0.1) is 12.8 Å². The molecule has 5 rings (SSSR count). The first kappa shape index (κ1) is 19.0. The number of benzene rings is 2. The highest BCUT2D eigenvalue weighted by molar-refractivity contribution is 7.99. The third kappa shape index (κ3) is 3.64. The van der Waals surface area contributed by atoms with Gasteiger partial charge in [-0.15, -0.1) is 11.3 Å². The third-order valence-electron chi connectivity index (χ3n) is 5.03. The van der Waals surface area contributed by atoms with Gasteiger partial charge in [-0.2, -0.15) is 0 Å². The van der Waals surface area contributed by atoms with Crippen LogP contribution in [0.3, 0.4) is 0 Å². The standard InChI is InChI=1S/C22H18N4O2S2/c1-13-2-7-17-18(10-13)30-21(25-17)14-3-5-16(6-4-14)24-20(28)15-11-26-19(27)8-9-23-22(26)29-12-15/h2-10,15H,11-12H2,1H3,(H,24,28). The summed E-state index contributed by atoms with van der Waals surface area (Å²) in [6, 6.07) is 15.4. The Morgan fingerprint density at radius 1 is 1.17 bits per heavy atom. The molecule has 1 unspecified atom stereocenters. The van der Waals surface area contributed by atoms with Crippen LogP contribution in [0.5, 0.6) is 0 Å². The number of hydrogen-bond donors (Lipinski definition) is 1. The maximum Gasteiger partial charge on any atom is 0.254 e. The number of fused-ring (bicyclic) bond motifs is 2. The number of nitrogens with zero attached hydrogens (tertiary/aromatic N) is 3. The zero-order chi connectivity index (χ0) is 20.7. The van der Waals surface area contributed by atoms with Crippen LogP contribution in [0.15, 0.2) is 64.7 Å². The van der Waals surface area contributed by atoms with Crippen LogP contribution < -0.4 is 10.9 Å². The minimum Gasteiger partial charge on any atom is -0.326 e. The monoisotopic (exact) mass is 434 g/mol. The van der Waals surface area contributed by atoms with Gasteiger partial charge in [0.25, 0.3) is 5.56 Å². The van der Waals surface area contributed by atoms with Gasteiger partial charge in [0.15, 0.2) is 5.16 Å². The number of hydrogen-bond acceptors (Lipinski definition) is 6. The molecule has 3 heterocycles. The summed E-state index contributed by atoms with van der Waals surface area (Å²) >= 11 is 3.10. The van der Waals surface area contributed by atoms with Crippen LogP contribution in [0.4, 0.5) is 5.69 Å². The lowest BCUT2D eigenvalue weighted by Crippen LogP contribution is -2.36. The molecule has 0 bridgehead atoms. The molecule has 0 saturated heterocycles. The number of thiazole rings is 1. The number of aromatic nitrogens is 3. The molecule has 6 nitrogen and oxygen atoms in total. The number of aryl methyl sites for hydroxylation is 1. The van der Waals surface area contributed by atoms with Crippen molar-refractivity contribution in [2.75, 3.05) is 11.1 Å². The summed E-state index contributed by atoms with van der Waals surface area (Å²) in [4.78, 5) is 33.7. The molecule has 0 radical (unpaired) electrons. The molecule has 1 amide bonds. The first-order valence-corrected chi connectivity index (χ1v) is 11.3. The van der Waals surface area contributed by atoms with Crippen LogP contribution in [-0.2, 0) is 11.3 Å². The highest BCUT2D eigenvalue weighted by Crippen LogP contribution is 2.31. The summed E-state index contributed by atoms with van der Waals surface area (Å²) in [5.41, 5.74) is 3.84. The maximum atomic E-state index is 12.7. The normalized spacial score (nSPS) is 15.7. The lowest BCUT2D eigenvalue weighted by Gasteiger charge is -2.23. The Bertz CT molecular complexity index is 1310. The Balaban J connectivity index is 1.30. The molecule has 4 aromatic rings. The number of rotatable bonds is 3. The van der Waals surface area contributed by atoms with Gasteiger partial charge in [-0.1, -0.05) is 17.8 Å². The second-order valence-electron chi connectivity index (χ2n) is 7.24. The van der Waals surface area contributed by atoms with E-state index in [1.807, 2.05) is 30.3 Å². The van der Waals surface area contributed by atoms with E-state index in [2.05, 4.69) is 29.4 Å². The fraction of sp³-hybridized carbons (Fsp3) is 0.182. The fourth-order valence-electron chi connectivity index (χ4n) is 3.40. The first-order valence-electron chi connectivity index (χ1n) is 9.54. The van der Waals surface area contributed by atoms with Gasteiger partial charge in [0.1, 0.15) is 5.01 Å². The second kappa shape index (κ2) is 7.70. The predicted octanol–water partition coefficient (Wildman–Crippen LogP) is 4.19. The van der Waals surface area contributed by atoms with Crippen LogP contribution >= 0.6 is 23.1 Å². The van der Waals surface area contributed by atoms with Gasteiger partial charge in [-0.25, -0.2) is 9.97 Å². The van der Waals surface area contributed by atoms with Gasteiger partial charge in [0.2, 0.25) is 5.91 Å². The number of carbonyl (C=O) groups is 1. The molecule has 2 aromatic heterocycles. The van der Waals surface area contributed by atoms with Crippen molar-refractivity contribution in [3.05, 3.63) is 70.6 Å². The Labute approximate surface area is 181 Å². The summed E-state index contributed by atoms with van der Waals surface area (Å²) in [5, 5.41) is 4.60. The van der Waals surface area contributed by atoms with E-state index in [4.69, 9.17) is 4.98 Å². The number of anilines is 1. The molecule has 8 heteroatoms. The topological polar surface area (TPSA) is 76.9 Å². The SMILES string of the molecule is Cc1ccc2nc(-c3ccc(NC(=O)C4CSc5nccc(=O)n5C4)cc3)sc2c1. The summed E-state index contributed by atoms with van der Waals surface area (Å²) in [6.07, 6.45) is 1.51. The highest BCUT2D eigenvalue weighted by Gasteiger charge is 2.26. The molecule has 1 aliphatic rings. The number of carbonyl (C=O) groups excluding carboxylic acids is 1. The zero-order valence-corrected chi connectivity index (χ0v) is 17.8. The Kier molecular flexibility index (Phi) is 4.88. The maximum absolute atomic E-state index is 12.7. The lowest BCUT2D eigenvalue weighted by molar-refractivity contribution is -0.119. The van der Waals surface area contributed by atoms with Gasteiger partial charge >= 0.3 is 0 Å². The molecule has 1 N–H and O–H groups in total. The van der Waals surface area contributed by atoms with E-state index in [1.54, 1.807) is 15.9 Å². The van der Waals surface area contributed by atoms with E-state index >= 15 is 0 Å². The first-order chi connectivity index (χ1) is 14.6. The molecule has 2 aromatic carbocycles. The van der Waals surface area contributed by atoms with E-state index in [0.717, 1.165) is 21.8 Å². The molecule has 150 valence electrons. The number of nitrogens with one attached hydrogen (secondary N) is 1. The van der Waals surface area contributed by atoms with E-state index < -0.39 is 0 Å². The van der Waals surface area contributed by atoms with E-state index in [0.29, 0.717) is 17.5 Å². The smallest absolute Gasteiger partial charge is 0.254 e. The van der Waals surface area contributed by atoms with E-state index in [-0.39, 0.29) is 17.4 Å². The summed E-state index contributed by atoms with van der Waals surface area (Å²) < 4.78 is 2.73. The minimum absolute atomic E-state index is 0.0906. The van der Waals surface area contributed by atoms with Crippen molar-refractivity contribution in [1.29, 1.82) is 0 Å². The van der Waals surface area contributed by atoms with Gasteiger partial charge in [0, 0.05) is 35.8 Å². The van der Waals surface area contributed by atoms with Crippen molar-refractivity contribution in [1.82, 2.24) is 14.5 Å². The van der Waals surface area contributed by atoms with Gasteiger partial charge in [0.05, 0.1) is 16.1 Å². The Morgan fingerprint density at radius 3 is 2.83 bits per heavy atom. The highest BCUT2D eigenvalue weighted by atomic mass is 32.2. The molecule has 0 spiro atoms. The summed E-state index contributed by atoms with van der Waals surface area (Å²) in [5.74, 6) is 0.231. The summed E-state index contributed by atoms with van der Waals surface area (Å²) in [6.45, 7) is 2.43. The van der Waals surface area contributed by atoms with Crippen molar-refractivity contribution in [3.8, 4) is 10.6 Å². The molecule has 1 atom stereocenters. The molecular weight excluding hydrogens is 416 g/mol. The third-order valence-corrected chi connectivity index (χ3v) is 7.25. The Hall–Kier alpha value is -2.97. The van der Waals surface area contributed by atoms with Crippen LogP contribution in [-0.4, -0.2) is 26.2 Å². The lowest BCUT2D eigenvalue weighted by atomic mass is 10.1. The largest absolute Gasteiger partial charge is 0.326 e. The van der Waals surface area contributed by atoms with E-state index in [9.17, 15) is 9.59 Å². The average Bonchev–Trinajstić information content (AvgIpc) is 3.17. The summed E-state index contributed by atoms with van der Waals surface area (Å²) in [7, 11) is 0. The van der Waals surface area contributed by atoms with Crippen LogP contribution in [0.2, 0.25) is 0 Å². The number of amides is 1. The predicted molar refractivity (Wildman–Crippen MR) is 121 cm³/mol. The average molecular weight is 435 g/mol. The quantitative estimate of drug-likeness (QED) is 0.489. The fourth-order valence-corrected chi connectivity index (χ4v) is 5.54. The molecule has 0 fully saturated rings.